The van der Waals surface area contributed by atoms with Crippen LogP contribution in [0.15, 0.2) is 36.8 Å². The third kappa shape index (κ3) is 2.44. The molecule has 0 aliphatic rings. The Morgan fingerprint density at radius 1 is 1.50 bits per heavy atom. The Morgan fingerprint density at radius 3 is 2.94 bits per heavy atom. The Morgan fingerprint density at radius 2 is 2.38 bits per heavy atom. The van der Waals surface area contributed by atoms with Crippen molar-refractivity contribution in [2.24, 2.45) is 12.9 Å². The molecule has 5 heteroatoms. The molecule has 5 nitrogen and oxygen atoms in total. The van der Waals surface area contributed by atoms with Crippen molar-refractivity contribution in [2.75, 3.05) is 0 Å². The fourth-order valence-corrected chi connectivity index (χ4v) is 1.64. The first-order chi connectivity index (χ1) is 7.79. The van der Waals surface area contributed by atoms with Gasteiger partial charge >= 0.3 is 0 Å². The summed E-state index contributed by atoms with van der Waals surface area (Å²) in [4.78, 5) is 4.08. The van der Waals surface area contributed by atoms with Crippen LogP contribution in [-0.2, 0) is 13.5 Å². The molecule has 0 bridgehead atoms. The highest BCUT2D eigenvalue weighted by atomic mass is 15.3. The molecule has 0 saturated heterocycles. The van der Waals surface area contributed by atoms with E-state index in [9.17, 15) is 0 Å². The second-order valence-corrected chi connectivity index (χ2v) is 3.69. The van der Waals surface area contributed by atoms with Crippen LogP contribution in [0.5, 0.6) is 0 Å². The lowest BCUT2D eigenvalue weighted by molar-refractivity contribution is 0.540. The molecule has 0 amide bonds. The fourth-order valence-electron chi connectivity index (χ4n) is 1.64. The first-order valence-corrected chi connectivity index (χ1v) is 5.14. The number of pyridine rings is 1. The van der Waals surface area contributed by atoms with E-state index in [4.69, 9.17) is 5.84 Å². The number of nitrogens with two attached hydrogens (primary N) is 1. The molecule has 3 N–H and O–H groups in total. The van der Waals surface area contributed by atoms with Crippen LogP contribution in [0, 0.1) is 0 Å². The molecule has 0 fully saturated rings. The smallest absolute Gasteiger partial charge is 0.0643 e. The van der Waals surface area contributed by atoms with Gasteiger partial charge in [-0.1, -0.05) is 6.07 Å². The zero-order chi connectivity index (χ0) is 11.4. The van der Waals surface area contributed by atoms with Gasteiger partial charge in [0.25, 0.3) is 0 Å². The van der Waals surface area contributed by atoms with Crippen molar-refractivity contribution >= 4 is 0 Å². The van der Waals surface area contributed by atoms with Gasteiger partial charge in [0.05, 0.1) is 11.7 Å². The summed E-state index contributed by atoms with van der Waals surface area (Å²) in [7, 11) is 1.90. The van der Waals surface area contributed by atoms with Crippen molar-refractivity contribution in [3.63, 3.8) is 0 Å². The van der Waals surface area contributed by atoms with E-state index in [1.54, 1.807) is 10.9 Å². The number of rotatable bonds is 4. The summed E-state index contributed by atoms with van der Waals surface area (Å²) in [6.45, 7) is 0. The van der Waals surface area contributed by atoms with Crippen molar-refractivity contribution in [3.05, 3.63) is 48.0 Å². The van der Waals surface area contributed by atoms with Crippen LogP contribution in [-0.4, -0.2) is 14.8 Å². The molecule has 84 valence electrons. The molecular weight excluding hydrogens is 202 g/mol. The minimum atomic E-state index is 0.0450. The number of hydrogen-bond donors (Lipinski definition) is 2. The van der Waals surface area contributed by atoms with E-state index in [1.165, 1.54) is 0 Å². The maximum atomic E-state index is 5.55. The number of hydrazine groups is 1. The van der Waals surface area contributed by atoms with Gasteiger partial charge in [0, 0.05) is 32.1 Å². The van der Waals surface area contributed by atoms with E-state index in [-0.39, 0.29) is 6.04 Å². The maximum Gasteiger partial charge on any atom is 0.0643 e. The molecule has 2 heterocycles. The van der Waals surface area contributed by atoms with E-state index in [1.807, 2.05) is 37.6 Å². The van der Waals surface area contributed by atoms with Gasteiger partial charge in [0.1, 0.15) is 0 Å². The molecule has 0 radical (unpaired) electrons. The van der Waals surface area contributed by atoms with Gasteiger partial charge in [-0.15, -0.1) is 0 Å². The molecule has 2 aromatic rings. The average molecular weight is 217 g/mol. The summed E-state index contributed by atoms with van der Waals surface area (Å²) in [5, 5.41) is 4.32. The third-order valence-electron chi connectivity index (χ3n) is 2.47. The molecule has 1 atom stereocenters. The van der Waals surface area contributed by atoms with E-state index in [2.05, 4.69) is 15.5 Å². The number of aromatic nitrogens is 3. The highest BCUT2D eigenvalue weighted by Crippen LogP contribution is 2.15. The van der Waals surface area contributed by atoms with E-state index >= 15 is 0 Å². The lowest BCUT2D eigenvalue weighted by Crippen LogP contribution is -2.29. The van der Waals surface area contributed by atoms with Crippen LogP contribution < -0.4 is 11.3 Å². The number of nitrogens with zero attached hydrogens (tertiary/aromatic N) is 3. The van der Waals surface area contributed by atoms with Gasteiger partial charge in [0.15, 0.2) is 0 Å². The lowest BCUT2D eigenvalue weighted by Gasteiger charge is -2.14. The van der Waals surface area contributed by atoms with Crippen LogP contribution in [0.4, 0.5) is 0 Å². The van der Waals surface area contributed by atoms with Gasteiger partial charge in [-0.3, -0.25) is 20.9 Å². The molecule has 0 saturated carbocycles. The van der Waals surface area contributed by atoms with Crippen LogP contribution >= 0.6 is 0 Å². The topological polar surface area (TPSA) is 68.8 Å². The predicted octanol–water partition coefficient (Wildman–Crippen LogP) is 0.562. The van der Waals surface area contributed by atoms with Gasteiger partial charge in [0.2, 0.25) is 0 Å². The normalized spacial score (nSPS) is 12.6. The van der Waals surface area contributed by atoms with Crippen LogP contribution in [0.3, 0.4) is 0 Å². The highest BCUT2D eigenvalue weighted by Gasteiger charge is 2.11. The average Bonchev–Trinajstić information content (AvgIpc) is 2.73. The van der Waals surface area contributed by atoms with E-state index in [0.29, 0.717) is 0 Å². The van der Waals surface area contributed by atoms with Crippen molar-refractivity contribution in [3.8, 4) is 0 Å². The fraction of sp³-hybridized carbons (Fsp3) is 0.273. The van der Waals surface area contributed by atoms with Crippen LogP contribution in [0.1, 0.15) is 17.3 Å². The minimum Gasteiger partial charge on any atom is -0.276 e. The summed E-state index contributed by atoms with van der Waals surface area (Å²) in [5.74, 6) is 5.55. The summed E-state index contributed by atoms with van der Waals surface area (Å²) >= 11 is 0. The molecule has 1 unspecified atom stereocenters. The van der Waals surface area contributed by atoms with Crippen molar-refractivity contribution in [1.29, 1.82) is 0 Å². The Hall–Kier alpha value is -1.72. The SMILES string of the molecule is Cn1ccc(CC(NN)c2cccnc2)n1. The molecule has 16 heavy (non-hydrogen) atoms. The molecule has 2 rings (SSSR count). The Bertz CT molecular complexity index is 437. The Labute approximate surface area is 94.3 Å². The van der Waals surface area contributed by atoms with Gasteiger partial charge in [-0.05, 0) is 17.7 Å². The summed E-state index contributed by atoms with van der Waals surface area (Å²) < 4.78 is 1.78. The monoisotopic (exact) mass is 217 g/mol. The molecule has 0 spiro atoms. The lowest BCUT2D eigenvalue weighted by atomic mass is 10.1. The summed E-state index contributed by atoms with van der Waals surface area (Å²) in [5.41, 5.74) is 4.86. The minimum absolute atomic E-state index is 0.0450. The first kappa shape index (κ1) is 10.8. The summed E-state index contributed by atoms with van der Waals surface area (Å²) in [6.07, 6.45) is 6.24. The van der Waals surface area contributed by atoms with Crippen LogP contribution in [0.25, 0.3) is 0 Å². The zero-order valence-electron chi connectivity index (χ0n) is 9.17. The van der Waals surface area contributed by atoms with Crippen LogP contribution in [0.2, 0.25) is 0 Å². The molecular formula is C11H15N5. The van der Waals surface area contributed by atoms with E-state index < -0.39 is 0 Å². The Balaban J connectivity index is 2.12. The zero-order valence-corrected chi connectivity index (χ0v) is 9.17. The molecule has 2 aromatic heterocycles. The molecule has 0 aliphatic carbocycles. The Kier molecular flexibility index (Phi) is 3.28. The first-order valence-electron chi connectivity index (χ1n) is 5.14. The largest absolute Gasteiger partial charge is 0.276 e. The maximum absolute atomic E-state index is 5.55. The van der Waals surface area contributed by atoms with Gasteiger partial charge in [-0.2, -0.15) is 5.10 Å². The van der Waals surface area contributed by atoms with Crippen molar-refractivity contribution < 1.29 is 0 Å². The standard InChI is InChI=1S/C11H15N5/c1-16-6-4-10(15-16)7-11(14-12)9-3-2-5-13-8-9/h2-6,8,11,14H,7,12H2,1H3. The van der Waals surface area contributed by atoms with Crippen molar-refractivity contribution in [1.82, 2.24) is 20.2 Å². The van der Waals surface area contributed by atoms with E-state index in [0.717, 1.165) is 17.7 Å². The van der Waals surface area contributed by atoms with Gasteiger partial charge < -0.3 is 0 Å². The second-order valence-electron chi connectivity index (χ2n) is 3.69. The molecule has 0 aliphatic heterocycles. The number of hydrogen-bond acceptors (Lipinski definition) is 4. The quantitative estimate of drug-likeness (QED) is 0.580. The summed E-state index contributed by atoms with van der Waals surface area (Å²) in [6, 6.07) is 5.93. The molecule has 0 aromatic carbocycles. The van der Waals surface area contributed by atoms with Gasteiger partial charge in [-0.25, -0.2) is 0 Å². The second kappa shape index (κ2) is 4.87. The number of aryl methyl sites for hydroxylation is 1. The highest BCUT2D eigenvalue weighted by molar-refractivity contribution is 5.16. The van der Waals surface area contributed by atoms with Crippen molar-refractivity contribution in [2.45, 2.75) is 12.5 Å². The third-order valence-corrected chi connectivity index (χ3v) is 2.47. The number of nitrogens with one attached hydrogen (secondary N) is 1. The predicted molar refractivity (Wildman–Crippen MR) is 61.2 cm³/mol.